The van der Waals surface area contributed by atoms with Crippen LogP contribution in [0.2, 0.25) is 0 Å². The maximum Gasteiger partial charge on any atom is 0.325 e. The molecule has 3 rings (SSSR count). The molecule has 0 bridgehead atoms. The number of nitrogens with zero attached hydrogens (tertiary/aromatic N) is 2. The zero-order valence-electron chi connectivity index (χ0n) is 9.74. The highest BCUT2D eigenvalue weighted by Crippen LogP contribution is 2.27. The van der Waals surface area contributed by atoms with Crippen molar-refractivity contribution in [1.82, 2.24) is 4.98 Å². The Kier molecular flexibility index (Phi) is 2.45. The molecule has 1 aromatic rings. The van der Waals surface area contributed by atoms with E-state index in [1.54, 1.807) is 12.1 Å². The van der Waals surface area contributed by atoms with E-state index in [-0.39, 0.29) is 5.56 Å². The van der Waals surface area contributed by atoms with Gasteiger partial charge in [0.15, 0.2) is 0 Å². The lowest BCUT2D eigenvalue weighted by molar-refractivity contribution is -0.385. The zero-order valence-corrected chi connectivity index (χ0v) is 9.74. The van der Waals surface area contributed by atoms with Gasteiger partial charge in [0.1, 0.15) is 0 Å². The summed E-state index contributed by atoms with van der Waals surface area (Å²) in [5, 5.41) is 11.9. The molecule has 0 saturated carbocycles. The fourth-order valence-corrected chi connectivity index (χ4v) is 2.06. The highest BCUT2D eigenvalue weighted by molar-refractivity contribution is 5.83. The number of aromatic nitrogens is 1. The second-order valence-corrected chi connectivity index (χ2v) is 4.11. The summed E-state index contributed by atoms with van der Waals surface area (Å²) < 4.78 is 0. The molecule has 1 aliphatic carbocycles. The van der Waals surface area contributed by atoms with Crippen molar-refractivity contribution in [2.75, 3.05) is 0 Å². The minimum Gasteiger partial charge on any atom is -0.282 e. The first-order chi connectivity index (χ1) is 9.16. The first-order valence-corrected chi connectivity index (χ1v) is 5.64. The van der Waals surface area contributed by atoms with E-state index in [2.05, 4.69) is 4.98 Å². The first kappa shape index (κ1) is 11.3. The number of rotatable bonds is 1. The van der Waals surface area contributed by atoms with E-state index in [1.807, 2.05) is 24.3 Å². The van der Waals surface area contributed by atoms with Crippen LogP contribution in [0, 0.1) is 10.1 Å². The van der Waals surface area contributed by atoms with E-state index >= 15 is 0 Å². The monoisotopic (exact) mass is 252 g/mol. The van der Waals surface area contributed by atoms with E-state index in [1.165, 1.54) is 12.1 Å². The van der Waals surface area contributed by atoms with Crippen LogP contribution >= 0.6 is 0 Å². The molecule has 19 heavy (non-hydrogen) atoms. The largest absolute Gasteiger partial charge is 0.325 e. The number of benzene rings is 2. The second-order valence-electron chi connectivity index (χ2n) is 4.11. The second kappa shape index (κ2) is 4.13. The lowest BCUT2D eigenvalue weighted by atomic mass is 10.1. The summed E-state index contributed by atoms with van der Waals surface area (Å²) in [5.41, 5.74) is 0.395. The van der Waals surface area contributed by atoms with Crippen molar-refractivity contribution < 1.29 is 4.92 Å². The predicted octanol–water partition coefficient (Wildman–Crippen LogP) is 2.61. The van der Waals surface area contributed by atoms with Gasteiger partial charge in [-0.15, -0.1) is 0 Å². The van der Waals surface area contributed by atoms with Gasteiger partial charge in [-0.25, -0.2) is 4.98 Å². The van der Waals surface area contributed by atoms with Crippen molar-refractivity contribution >= 4 is 16.6 Å². The lowest BCUT2D eigenvalue weighted by Crippen LogP contribution is -2.08. The van der Waals surface area contributed by atoms with E-state index < -0.39 is 16.0 Å². The van der Waals surface area contributed by atoms with Crippen LogP contribution in [0.1, 0.15) is 0 Å². The topological polar surface area (TPSA) is 73.1 Å². The van der Waals surface area contributed by atoms with Gasteiger partial charge in [-0.2, -0.15) is 0 Å². The molecule has 1 aliphatic heterocycles. The molecule has 0 spiro atoms. The molecule has 1 aromatic carbocycles. The quantitative estimate of drug-likeness (QED) is 0.493. The number of fused-ring (bicyclic) bond motifs is 2. The molecule has 92 valence electrons. The van der Waals surface area contributed by atoms with Crippen LogP contribution in [0.5, 0.6) is 0 Å². The average molecular weight is 252 g/mol. The third kappa shape index (κ3) is 1.81. The van der Waals surface area contributed by atoms with Crippen molar-refractivity contribution in [2.45, 2.75) is 0 Å². The minimum absolute atomic E-state index is 0.258. The van der Waals surface area contributed by atoms with E-state index in [4.69, 9.17) is 0 Å². The van der Waals surface area contributed by atoms with E-state index in [9.17, 15) is 14.9 Å². The molecular weight excluding hydrogens is 244 g/mol. The smallest absolute Gasteiger partial charge is 0.282 e. The van der Waals surface area contributed by atoms with E-state index in [0.717, 1.165) is 10.9 Å². The molecule has 5 heteroatoms. The normalized spacial score (nSPS) is 10.7. The Morgan fingerprint density at radius 3 is 2.58 bits per heavy atom. The third-order valence-electron chi connectivity index (χ3n) is 2.95. The maximum absolute atomic E-state index is 11.6. The fourth-order valence-electron chi connectivity index (χ4n) is 2.06. The summed E-state index contributed by atoms with van der Waals surface area (Å²) >= 11 is 0. The first-order valence-electron chi connectivity index (χ1n) is 5.64. The van der Waals surface area contributed by atoms with Gasteiger partial charge < -0.3 is 0 Å². The summed E-state index contributed by atoms with van der Waals surface area (Å²) in [4.78, 5) is 26.3. The number of nitro groups is 1. The standard InChI is InChI=1S/C14H8N2O3/c17-13-8-7-12-10(14(13)16(18)19)6-5-9-3-1-2-4-11(9)15-12/h1-8H. The van der Waals surface area contributed by atoms with Crippen LogP contribution in [0.25, 0.3) is 22.2 Å². The van der Waals surface area contributed by atoms with Crippen molar-refractivity contribution in [3.8, 4) is 11.3 Å². The van der Waals surface area contributed by atoms with Crippen LogP contribution < -0.4 is 5.43 Å². The predicted molar refractivity (Wildman–Crippen MR) is 71.3 cm³/mol. The average Bonchev–Trinajstić information content (AvgIpc) is 2.57. The van der Waals surface area contributed by atoms with Gasteiger partial charge in [-0.05, 0) is 24.3 Å². The molecule has 0 atom stereocenters. The number of hydrogen-bond acceptors (Lipinski definition) is 4. The highest BCUT2D eigenvalue weighted by Gasteiger charge is 2.21. The molecule has 1 heterocycles. The summed E-state index contributed by atoms with van der Waals surface area (Å²) in [6, 6.07) is 13.4. The van der Waals surface area contributed by atoms with Crippen LogP contribution in [0.15, 0.2) is 53.3 Å². The minimum atomic E-state index is -0.656. The fraction of sp³-hybridized carbons (Fsp3) is 0. The van der Waals surface area contributed by atoms with Crippen LogP contribution in [-0.4, -0.2) is 9.91 Å². The highest BCUT2D eigenvalue weighted by atomic mass is 16.6. The maximum atomic E-state index is 11.6. The van der Waals surface area contributed by atoms with Gasteiger partial charge in [0.05, 0.1) is 21.7 Å². The van der Waals surface area contributed by atoms with Crippen molar-refractivity contribution in [1.29, 1.82) is 0 Å². The molecule has 0 aromatic heterocycles. The molecule has 0 radical (unpaired) electrons. The zero-order chi connectivity index (χ0) is 13.4. The van der Waals surface area contributed by atoms with Gasteiger partial charge in [0.25, 0.3) is 5.43 Å². The van der Waals surface area contributed by atoms with Crippen LogP contribution in [0.3, 0.4) is 0 Å². The molecule has 0 fully saturated rings. The van der Waals surface area contributed by atoms with Crippen LogP contribution in [0.4, 0.5) is 5.69 Å². The molecule has 0 unspecified atom stereocenters. The SMILES string of the molecule is O=c1ccc2nc3ccccc3ccc-2c1[N+](=O)[O-]. The van der Waals surface area contributed by atoms with Crippen molar-refractivity contribution in [3.05, 3.63) is 68.9 Å². The van der Waals surface area contributed by atoms with Gasteiger partial charge in [0, 0.05) is 5.39 Å². The van der Waals surface area contributed by atoms with E-state index in [0.29, 0.717) is 5.69 Å². The molecule has 0 saturated heterocycles. The Hall–Kier alpha value is -2.82. The Morgan fingerprint density at radius 2 is 1.79 bits per heavy atom. The summed E-state index contributed by atoms with van der Waals surface area (Å²) in [5.74, 6) is 0. The number of para-hydroxylation sites is 1. The summed E-state index contributed by atoms with van der Waals surface area (Å²) in [6.07, 6.45) is 0. The molecule has 5 nitrogen and oxygen atoms in total. The van der Waals surface area contributed by atoms with Crippen molar-refractivity contribution in [3.63, 3.8) is 0 Å². The Balaban J connectivity index is 2.49. The molecule has 0 N–H and O–H groups in total. The molecule has 0 amide bonds. The van der Waals surface area contributed by atoms with Crippen LogP contribution in [-0.2, 0) is 0 Å². The summed E-state index contributed by atoms with van der Waals surface area (Å²) in [7, 11) is 0. The Bertz CT molecular complexity index is 830. The molecule has 2 aliphatic rings. The van der Waals surface area contributed by atoms with Gasteiger partial charge in [-0.3, -0.25) is 14.9 Å². The Labute approximate surface area is 107 Å². The Morgan fingerprint density at radius 1 is 1.00 bits per heavy atom. The van der Waals surface area contributed by atoms with Gasteiger partial charge >= 0.3 is 5.69 Å². The van der Waals surface area contributed by atoms with Crippen molar-refractivity contribution in [2.24, 2.45) is 0 Å². The number of nitro benzene ring substituents is 1. The van der Waals surface area contributed by atoms with Gasteiger partial charge in [0.2, 0.25) is 0 Å². The third-order valence-corrected chi connectivity index (χ3v) is 2.95. The summed E-state index contributed by atoms with van der Waals surface area (Å²) in [6.45, 7) is 0. The lowest BCUT2D eigenvalue weighted by Gasteiger charge is -1.99. The van der Waals surface area contributed by atoms with Gasteiger partial charge in [-0.1, -0.05) is 24.3 Å². The molecular formula is C14H8N2O3. The number of hydrogen-bond donors (Lipinski definition) is 0.